The SMILES string of the molecule is COP(=O)(CS(=O)(=O)CS(=O)(=O)CP(=O)(OC)OC)OC. The van der Waals surface area contributed by atoms with Crippen LogP contribution in [0.2, 0.25) is 0 Å². The molecule has 0 aromatic rings. The standard InChI is InChI=1S/C7H18O10P2S2/c1-14-18(8,15-2)5-20(10,11)7-21(12,13)6-19(9,16-3)17-4/h5-7H2,1-4H3. The summed E-state index contributed by atoms with van der Waals surface area (Å²) in [5.74, 6) is 0. The van der Waals surface area contributed by atoms with Gasteiger partial charge in [-0.15, -0.1) is 0 Å². The molecule has 0 saturated carbocycles. The Labute approximate surface area is 124 Å². The first-order valence-electron chi connectivity index (χ1n) is 5.18. The molecule has 10 nitrogen and oxygen atoms in total. The van der Waals surface area contributed by atoms with Crippen LogP contribution < -0.4 is 0 Å². The molecule has 0 saturated heterocycles. The van der Waals surface area contributed by atoms with Crippen LogP contribution in [0.15, 0.2) is 0 Å². The largest absolute Gasteiger partial charge is 0.345 e. The van der Waals surface area contributed by atoms with E-state index < -0.39 is 50.9 Å². The molecule has 0 amide bonds. The third-order valence-corrected chi connectivity index (χ3v) is 13.0. The third-order valence-electron chi connectivity index (χ3n) is 2.18. The van der Waals surface area contributed by atoms with Crippen LogP contribution in [0.4, 0.5) is 0 Å². The number of sulfone groups is 2. The molecule has 0 radical (unpaired) electrons. The average molecular weight is 388 g/mol. The Morgan fingerprint density at radius 2 is 0.905 bits per heavy atom. The Morgan fingerprint density at radius 1 is 0.667 bits per heavy atom. The van der Waals surface area contributed by atoms with Crippen LogP contribution in [-0.4, -0.2) is 61.3 Å². The lowest BCUT2D eigenvalue weighted by molar-refractivity contribution is 0.279. The van der Waals surface area contributed by atoms with E-state index in [2.05, 4.69) is 18.1 Å². The minimum Gasteiger partial charge on any atom is -0.311 e. The molecule has 0 atom stereocenters. The Hall–Kier alpha value is 0.200. The number of rotatable bonds is 10. The second-order valence-electron chi connectivity index (χ2n) is 3.82. The van der Waals surface area contributed by atoms with E-state index in [0.717, 1.165) is 28.4 Å². The molecule has 0 aliphatic heterocycles. The van der Waals surface area contributed by atoms with E-state index in [-0.39, 0.29) is 0 Å². The molecule has 0 aromatic heterocycles. The number of hydrogen-bond donors (Lipinski definition) is 0. The van der Waals surface area contributed by atoms with Crippen LogP contribution in [0, 0.1) is 0 Å². The van der Waals surface area contributed by atoms with Gasteiger partial charge in [0.1, 0.15) is 0 Å². The predicted octanol–water partition coefficient (Wildman–Crippen LogP) is 0.660. The Kier molecular flexibility index (Phi) is 7.72. The smallest absolute Gasteiger partial charge is 0.311 e. The Bertz CT molecular complexity index is 564. The molecule has 0 aromatic carbocycles. The fourth-order valence-corrected chi connectivity index (χ4v) is 11.2. The molecule has 0 heterocycles. The lowest BCUT2D eigenvalue weighted by Gasteiger charge is -2.15. The lowest BCUT2D eigenvalue weighted by atomic mass is 11.8. The van der Waals surface area contributed by atoms with Gasteiger partial charge < -0.3 is 18.1 Å². The predicted molar refractivity (Wildman–Crippen MR) is 75.7 cm³/mol. The van der Waals surface area contributed by atoms with Gasteiger partial charge in [0, 0.05) is 28.4 Å². The van der Waals surface area contributed by atoms with E-state index >= 15 is 0 Å². The zero-order valence-corrected chi connectivity index (χ0v) is 15.3. The first-order valence-corrected chi connectivity index (χ1v) is 12.3. The molecule has 0 rings (SSSR count). The monoisotopic (exact) mass is 388 g/mol. The second-order valence-corrected chi connectivity index (χ2v) is 13.7. The first kappa shape index (κ1) is 21.2. The number of hydrogen-bond acceptors (Lipinski definition) is 10. The van der Waals surface area contributed by atoms with Gasteiger partial charge in [-0.2, -0.15) is 0 Å². The van der Waals surface area contributed by atoms with Crippen LogP contribution in [0.3, 0.4) is 0 Å². The summed E-state index contributed by atoms with van der Waals surface area (Å²) in [6.07, 6.45) is 0. The molecule has 0 bridgehead atoms. The molecule has 21 heavy (non-hydrogen) atoms. The van der Waals surface area contributed by atoms with Crippen molar-refractivity contribution in [2.45, 2.75) is 0 Å². The minimum absolute atomic E-state index is 0.971. The Balaban J connectivity index is 5.19. The van der Waals surface area contributed by atoms with Gasteiger partial charge in [0.05, 0.1) is 0 Å². The van der Waals surface area contributed by atoms with Crippen LogP contribution in [0.5, 0.6) is 0 Å². The van der Waals surface area contributed by atoms with Gasteiger partial charge >= 0.3 is 15.2 Å². The molecular formula is C7H18O10P2S2. The molecule has 0 aliphatic carbocycles. The molecular weight excluding hydrogens is 370 g/mol. The fraction of sp³-hybridized carbons (Fsp3) is 1.00. The van der Waals surface area contributed by atoms with Gasteiger partial charge in [-0.3, -0.25) is 9.13 Å². The molecule has 0 fully saturated rings. The summed E-state index contributed by atoms with van der Waals surface area (Å²) in [4.78, 5) is 0. The van der Waals surface area contributed by atoms with Crippen molar-refractivity contribution in [2.24, 2.45) is 0 Å². The molecule has 128 valence electrons. The van der Waals surface area contributed by atoms with E-state index in [1.165, 1.54) is 0 Å². The summed E-state index contributed by atoms with van der Waals surface area (Å²) in [5, 5.41) is -1.38. The van der Waals surface area contributed by atoms with E-state index in [0.29, 0.717) is 0 Å². The summed E-state index contributed by atoms with van der Waals surface area (Å²) in [6, 6.07) is 0. The van der Waals surface area contributed by atoms with Crippen molar-refractivity contribution in [2.75, 3.05) is 44.5 Å². The van der Waals surface area contributed by atoms with Crippen molar-refractivity contribution in [3.8, 4) is 0 Å². The summed E-state index contributed by atoms with van der Waals surface area (Å²) in [6.45, 7) is 0. The zero-order chi connectivity index (χ0) is 16.9. The van der Waals surface area contributed by atoms with Gasteiger partial charge in [-0.05, 0) is 0 Å². The van der Waals surface area contributed by atoms with E-state index in [9.17, 15) is 26.0 Å². The molecule has 0 unspecified atom stereocenters. The lowest BCUT2D eigenvalue weighted by Crippen LogP contribution is -2.22. The average Bonchev–Trinajstić information content (AvgIpc) is 2.35. The highest BCUT2D eigenvalue weighted by Crippen LogP contribution is 2.49. The van der Waals surface area contributed by atoms with Gasteiger partial charge in [0.2, 0.25) is 0 Å². The molecule has 0 N–H and O–H groups in total. The van der Waals surface area contributed by atoms with E-state index in [1.807, 2.05) is 0 Å². The van der Waals surface area contributed by atoms with Gasteiger partial charge in [-0.1, -0.05) is 0 Å². The summed E-state index contributed by atoms with van der Waals surface area (Å²) in [5.41, 5.74) is -2.23. The molecule has 0 spiro atoms. The van der Waals surface area contributed by atoms with Gasteiger partial charge in [0.25, 0.3) is 0 Å². The minimum atomic E-state index is -4.34. The van der Waals surface area contributed by atoms with Gasteiger partial charge in [-0.25, -0.2) is 16.8 Å². The van der Waals surface area contributed by atoms with Crippen molar-refractivity contribution in [3.05, 3.63) is 0 Å². The van der Waals surface area contributed by atoms with Crippen LogP contribution in [0.1, 0.15) is 0 Å². The fourth-order valence-electron chi connectivity index (χ4n) is 1.19. The highest BCUT2D eigenvalue weighted by molar-refractivity contribution is 8.12. The maximum absolute atomic E-state index is 11.8. The van der Waals surface area contributed by atoms with Crippen LogP contribution in [-0.2, 0) is 46.9 Å². The second kappa shape index (κ2) is 7.65. The molecule has 14 heteroatoms. The topological polar surface area (TPSA) is 139 Å². The maximum Gasteiger partial charge on any atom is 0.345 e. The van der Waals surface area contributed by atoms with Crippen molar-refractivity contribution in [1.82, 2.24) is 0 Å². The molecule has 0 aliphatic rings. The normalized spacial score (nSPS) is 14.3. The first-order chi connectivity index (χ1) is 9.36. The third kappa shape index (κ3) is 7.34. The van der Waals surface area contributed by atoms with Crippen LogP contribution in [0.25, 0.3) is 0 Å². The van der Waals surface area contributed by atoms with Crippen molar-refractivity contribution in [3.63, 3.8) is 0 Å². The van der Waals surface area contributed by atoms with Gasteiger partial charge in [0.15, 0.2) is 35.7 Å². The van der Waals surface area contributed by atoms with Crippen molar-refractivity contribution in [1.29, 1.82) is 0 Å². The van der Waals surface area contributed by atoms with Crippen molar-refractivity contribution >= 4 is 34.9 Å². The van der Waals surface area contributed by atoms with Crippen LogP contribution >= 0.6 is 15.2 Å². The highest BCUT2D eigenvalue weighted by Gasteiger charge is 2.37. The quantitative estimate of drug-likeness (QED) is 0.490. The maximum atomic E-state index is 11.8. The van der Waals surface area contributed by atoms with Crippen molar-refractivity contribution < 1.29 is 44.1 Å². The summed E-state index contributed by atoms with van der Waals surface area (Å²) < 4.78 is 88.2. The van der Waals surface area contributed by atoms with E-state index in [1.54, 1.807) is 0 Å². The van der Waals surface area contributed by atoms with E-state index in [4.69, 9.17) is 0 Å². The summed E-state index contributed by atoms with van der Waals surface area (Å²) in [7, 11) is -12.7. The Morgan fingerprint density at radius 3 is 1.10 bits per heavy atom. The zero-order valence-electron chi connectivity index (χ0n) is 11.9. The highest BCUT2D eigenvalue weighted by atomic mass is 32.3. The summed E-state index contributed by atoms with van der Waals surface area (Å²) >= 11 is 0.